The number of anilines is 1. The summed E-state index contributed by atoms with van der Waals surface area (Å²) in [6.45, 7) is 0.617. The lowest BCUT2D eigenvalue weighted by Gasteiger charge is -2.29. The van der Waals surface area contributed by atoms with Gasteiger partial charge in [0.15, 0.2) is 21.3 Å². The second kappa shape index (κ2) is 8.00. The predicted molar refractivity (Wildman–Crippen MR) is 103 cm³/mol. The number of benzene rings is 2. The van der Waals surface area contributed by atoms with Crippen molar-refractivity contribution in [2.45, 2.75) is 24.2 Å². The largest absolute Gasteiger partial charge is 0.493 e. The standard InChI is InChI=1S/C20H23NO5S/c1-25-18-10-9-16(14-19(18)26-2)27(23,24)13-11-20(22)21-12-5-7-15-6-3-4-8-17(15)21/h3-4,6,8-10,14H,5,7,11-13H2,1-2H3. The van der Waals surface area contributed by atoms with E-state index in [1.807, 2.05) is 24.3 Å². The molecule has 3 rings (SSSR count). The molecule has 1 amide bonds. The Labute approximate surface area is 159 Å². The first-order chi connectivity index (χ1) is 13.0. The summed E-state index contributed by atoms with van der Waals surface area (Å²) in [7, 11) is -0.675. The molecule has 0 radical (unpaired) electrons. The van der Waals surface area contributed by atoms with E-state index in [1.54, 1.807) is 11.0 Å². The van der Waals surface area contributed by atoms with Crippen LogP contribution in [0.2, 0.25) is 0 Å². The number of methoxy groups -OCH3 is 2. The second-order valence-electron chi connectivity index (χ2n) is 6.36. The highest BCUT2D eigenvalue weighted by Gasteiger charge is 2.25. The lowest BCUT2D eigenvalue weighted by Crippen LogP contribution is -2.36. The van der Waals surface area contributed by atoms with Crippen LogP contribution in [0.1, 0.15) is 18.4 Å². The van der Waals surface area contributed by atoms with Crippen LogP contribution < -0.4 is 14.4 Å². The normalized spacial score (nSPS) is 13.8. The van der Waals surface area contributed by atoms with E-state index in [4.69, 9.17) is 9.47 Å². The molecule has 0 atom stereocenters. The summed E-state index contributed by atoms with van der Waals surface area (Å²) >= 11 is 0. The van der Waals surface area contributed by atoms with Gasteiger partial charge in [-0.05, 0) is 36.6 Å². The molecule has 0 saturated heterocycles. The second-order valence-corrected chi connectivity index (χ2v) is 8.47. The van der Waals surface area contributed by atoms with Gasteiger partial charge in [0.25, 0.3) is 0 Å². The third-order valence-electron chi connectivity index (χ3n) is 4.71. The van der Waals surface area contributed by atoms with Crippen LogP contribution in [0.15, 0.2) is 47.4 Å². The molecular weight excluding hydrogens is 366 g/mol. The molecule has 2 aromatic rings. The number of hydrogen-bond donors (Lipinski definition) is 0. The van der Waals surface area contributed by atoms with Gasteiger partial charge in [-0.2, -0.15) is 0 Å². The Balaban J connectivity index is 1.74. The summed E-state index contributed by atoms with van der Waals surface area (Å²) in [5.41, 5.74) is 2.01. The number of nitrogens with zero attached hydrogens (tertiary/aromatic N) is 1. The van der Waals surface area contributed by atoms with Crippen molar-refractivity contribution in [1.82, 2.24) is 0 Å². The monoisotopic (exact) mass is 389 g/mol. The maximum atomic E-state index is 12.7. The number of aryl methyl sites for hydroxylation is 1. The van der Waals surface area contributed by atoms with Gasteiger partial charge in [0.1, 0.15) is 0 Å². The highest BCUT2D eigenvalue weighted by Crippen LogP contribution is 2.30. The molecule has 0 unspecified atom stereocenters. The summed E-state index contributed by atoms with van der Waals surface area (Å²) in [6.07, 6.45) is 1.75. The van der Waals surface area contributed by atoms with E-state index >= 15 is 0 Å². The first-order valence-electron chi connectivity index (χ1n) is 8.79. The number of carbonyl (C=O) groups excluding carboxylic acids is 1. The minimum Gasteiger partial charge on any atom is -0.493 e. The fourth-order valence-corrected chi connectivity index (χ4v) is 4.52. The number of para-hydroxylation sites is 1. The minimum atomic E-state index is -3.61. The van der Waals surface area contributed by atoms with Gasteiger partial charge >= 0.3 is 0 Å². The molecule has 6 nitrogen and oxygen atoms in total. The van der Waals surface area contributed by atoms with E-state index in [1.165, 1.54) is 26.4 Å². The van der Waals surface area contributed by atoms with Crippen molar-refractivity contribution < 1.29 is 22.7 Å². The Morgan fingerprint density at radius 1 is 1.07 bits per heavy atom. The van der Waals surface area contributed by atoms with E-state index in [-0.39, 0.29) is 23.0 Å². The summed E-state index contributed by atoms with van der Waals surface area (Å²) < 4.78 is 35.6. The Morgan fingerprint density at radius 3 is 2.56 bits per heavy atom. The number of hydrogen-bond acceptors (Lipinski definition) is 5. The summed E-state index contributed by atoms with van der Waals surface area (Å²) in [4.78, 5) is 14.5. The predicted octanol–water partition coefficient (Wildman–Crippen LogP) is 2.85. The summed E-state index contributed by atoms with van der Waals surface area (Å²) in [6, 6.07) is 12.2. The molecule has 0 saturated carbocycles. The van der Waals surface area contributed by atoms with Crippen molar-refractivity contribution in [3.05, 3.63) is 48.0 Å². The van der Waals surface area contributed by atoms with Crippen molar-refractivity contribution >= 4 is 21.4 Å². The highest BCUT2D eigenvalue weighted by atomic mass is 32.2. The molecule has 7 heteroatoms. The number of sulfone groups is 1. The quantitative estimate of drug-likeness (QED) is 0.760. The number of rotatable bonds is 6. The number of amides is 1. The van der Waals surface area contributed by atoms with E-state index < -0.39 is 9.84 Å². The fourth-order valence-electron chi connectivity index (χ4n) is 3.28. The molecule has 0 aliphatic carbocycles. The van der Waals surface area contributed by atoms with Gasteiger partial charge < -0.3 is 14.4 Å². The van der Waals surface area contributed by atoms with Crippen LogP contribution in [0.4, 0.5) is 5.69 Å². The van der Waals surface area contributed by atoms with Crippen LogP contribution in [0, 0.1) is 0 Å². The van der Waals surface area contributed by atoms with E-state index in [0.29, 0.717) is 18.0 Å². The Hall–Kier alpha value is -2.54. The van der Waals surface area contributed by atoms with Crippen molar-refractivity contribution in [2.24, 2.45) is 0 Å². The molecule has 0 N–H and O–H groups in total. The van der Waals surface area contributed by atoms with Gasteiger partial charge in [-0.1, -0.05) is 18.2 Å². The van der Waals surface area contributed by atoms with Crippen LogP contribution in [0.3, 0.4) is 0 Å². The third kappa shape index (κ3) is 4.08. The Kier molecular flexibility index (Phi) is 5.70. The zero-order valence-electron chi connectivity index (χ0n) is 15.5. The van der Waals surface area contributed by atoms with Gasteiger partial charge in [-0.15, -0.1) is 0 Å². The van der Waals surface area contributed by atoms with Gasteiger partial charge in [0.2, 0.25) is 5.91 Å². The SMILES string of the molecule is COc1ccc(S(=O)(=O)CCC(=O)N2CCCc3ccccc32)cc1OC. The molecule has 0 fully saturated rings. The number of fused-ring (bicyclic) bond motifs is 1. The van der Waals surface area contributed by atoms with Crippen LogP contribution >= 0.6 is 0 Å². The molecule has 27 heavy (non-hydrogen) atoms. The zero-order valence-corrected chi connectivity index (χ0v) is 16.3. The molecular formula is C20H23NO5S. The summed E-state index contributed by atoms with van der Waals surface area (Å²) in [5.74, 6) is 0.374. The van der Waals surface area contributed by atoms with Gasteiger partial charge in [-0.3, -0.25) is 4.79 Å². The van der Waals surface area contributed by atoms with Crippen molar-refractivity contribution in [2.75, 3.05) is 31.4 Å². The fraction of sp³-hybridized carbons (Fsp3) is 0.350. The zero-order chi connectivity index (χ0) is 19.4. The summed E-state index contributed by atoms with van der Waals surface area (Å²) in [5, 5.41) is 0. The first kappa shape index (κ1) is 19.2. The molecule has 1 aliphatic heterocycles. The van der Waals surface area contributed by atoms with Crippen LogP contribution in [0.25, 0.3) is 0 Å². The highest BCUT2D eigenvalue weighted by molar-refractivity contribution is 7.91. The molecule has 1 heterocycles. The molecule has 1 aliphatic rings. The van der Waals surface area contributed by atoms with Crippen molar-refractivity contribution in [3.8, 4) is 11.5 Å². The number of ether oxygens (including phenoxy) is 2. The molecule has 0 spiro atoms. The van der Waals surface area contributed by atoms with Crippen molar-refractivity contribution in [3.63, 3.8) is 0 Å². The van der Waals surface area contributed by atoms with E-state index in [2.05, 4.69) is 0 Å². The smallest absolute Gasteiger partial charge is 0.228 e. The average molecular weight is 389 g/mol. The first-order valence-corrected chi connectivity index (χ1v) is 10.4. The lowest BCUT2D eigenvalue weighted by atomic mass is 10.0. The number of carbonyl (C=O) groups is 1. The topological polar surface area (TPSA) is 72.9 Å². The molecule has 0 aromatic heterocycles. The minimum absolute atomic E-state index is 0.0645. The third-order valence-corrected chi connectivity index (χ3v) is 6.42. The van der Waals surface area contributed by atoms with E-state index in [0.717, 1.165) is 24.1 Å². The van der Waals surface area contributed by atoms with Crippen LogP contribution in [0.5, 0.6) is 11.5 Å². The Morgan fingerprint density at radius 2 is 1.81 bits per heavy atom. The van der Waals surface area contributed by atoms with Gasteiger partial charge in [-0.25, -0.2) is 8.42 Å². The maximum absolute atomic E-state index is 12.7. The van der Waals surface area contributed by atoms with Crippen molar-refractivity contribution in [1.29, 1.82) is 0 Å². The average Bonchev–Trinajstić information content (AvgIpc) is 2.71. The molecule has 2 aromatic carbocycles. The van der Waals surface area contributed by atoms with E-state index in [9.17, 15) is 13.2 Å². The van der Waals surface area contributed by atoms with Gasteiger partial charge in [0.05, 0.1) is 24.9 Å². The maximum Gasteiger partial charge on any atom is 0.228 e. The molecule has 144 valence electrons. The van der Waals surface area contributed by atoms with Gasteiger partial charge in [0, 0.05) is 24.7 Å². The van der Waals surface area contributed by atoms with Crippen LogP contribution in [-0.2, 0) is 21.1 Å². The van der Waals surface area contributed by atoms with Crippen LogP contribution in [-0.4, -0.2) is 40.8 Å². The lowest BCUT2D eigenvalue weighted by molar-refractivity contribution is -0.118. The Bertz CT molecular complexity index is 939. The molecule has 0 bridgehead atoms.